The first-order valence-corrected chi connectivity index (χ1v) is 9.40. The first kappa shape index (κ1) is 20.1. The number of amides is 1. The van der Waals surface area contributed by atoms with E-state index in [1.54, 1.807) is 6.08 Å². The number of benzene rings is 1. The smallest absolute Gasteiger partial charge is 0.286 e. The molecule has 0 aromatic heterocycles. The van der Waals surface area contributed by atoms with Crippen LogP contribution >= 0.6 is 0 Å². The number of hydrogen-bond acceptors (Lipinski definition) is 6. The van der Waals surface area contributed by atoms with Crippen LogP contribution in [0.15, 0.2) is 30.0 Å². The molecule has 2 aliphatic heterocycles. The van der Waals surface area contributed by atoms with Gasteiger partial charge in [0.15, 0.2) is 17.3 Å². The van der Waals surface area contributed by atoms with Gasteiger partial charge in [0.2, 0.25) is 13.1 Å². The average Bonchev–Trinajstić information content (AvgIpc) is 3.18. The molecule has 3 rings (SSSR count). The predicted octanol–water partition coefficient (Wildman–Crippen LogP) is 1.91. The molecule has 2 aliphatic rings. The Hall–Kier alpha value is -2.69. The van der Waals surface area contributed by atoms with Crippen molar-refractivity contribution < 1.29 is 28.8 Å². The molecule has 1 amide bonds. The van der Waals surface area contributed by atoms with E-state index in [4.69, 9.17) is 25.4 Å². The van der Waals surface area contributed by atoms with Gasteiger partial charge in [-0.2, -0.15) is 0 Å². The quantitative estimate of drug-likeness (QED) is 0.663. The Morgan fingerprint density at radius 2 is 2.21 bits per heavy atom. The number of carbonyl (C=O) groups is 1. The highest BCUT2D eigenvalue weighted by Crippen LogP contribution is 2.42. The van der Waals surface area contributed by atoms with Crippen LogP contribution in [0.25, 0.3) is 0 Å². The molecule has 1 aromatic rings. The van der Waals surface area contributed by atoms with E-state index >= 15 is 0 Å². The molecular formula is C21H25NO6. The lowest BCUT2D eigenvalue weighted by Crippen LogP contribution is -2.39. The van der Waals surface area contributed by atoms with Gasteiger partial charge in [0.1, 0.15) is 0 Å². The summed E-state index contributed by atoms with van der Waals surface area (Å²) < 4.78 is 22.6. The third kappa shape index (κ3) is 4.41. The molecule has 0 saturated heterocycles. The summed E-state index contributed by atoms with van der Waals surface area (Å²) >= 11 is 0. The fourth-order valence-electron chi connectivity index (χ4n) is 3.48. The van der Waals surface area contributed by atoms with Crippen molar-refractivity contribution in [1.29, 1.82) is 0 Å². The van der Waals surface area contributed by atoms with E-state index in [1.807, 2.05) is 25.1 Å². The van der Waals surface area contributed by atoms with E-state index in [0.29, 0.717) is 30.9 Å². The molecule has 28 heavy (non-hydrogen) atoms. The first-order chi connectivity index (χ1) is 13.7. The first-order valence-electron chi connectivity index (χ1n) is 9.40. The number of nitrogens with one attached hydrogen (secondary N) is 1. The van der Waals surface area contributed by atoms with E-state index in [9.17, 15) is 9.90 Å². The summed E-state index contributed by atoms with van der Waals surface area (Å²) in [7, 11) is 0. The summed E-state index contributed by atoms with van der Waals surface area (Å²) in [4.78, 5) is 12.5. The Bertz CT molecular complexity index is 769. The number of terminal acetylenes is 1. The fraction of sp³-hybridized carbons (Fsp3) is 0.476. The van der Waals surface area contributed by atoms with Gasteiger partial charge in [-0.25, -0.2) is 0 Å². The zero-order chi connectivity index (χ0) is 19.9. The summed E-state index contributed by atoms with van der Waals surface area (Å²) in [6, 6.07) is 5.73. The van der Waals surface area contributed by atoms with Crippen molar-refractivity contribution in [3.05, 3.63) is 35.6 Å². The van der Waals surface area contributed by atoms with E-state index in [0.717, 1.165) is 5.56 Å². The van der Waals surface area contributed by atoms with Crippen molar-refractivity contribution in [3.8, 4) is 23.8 Å². The lowest BCUT2D eigenvalue weighted by atomic mass is 9.80. The lowest BCUT2D eigenvalue weighted by Gasteiger charge is -2.37. The van der Waals surface area contributed by atoms with Crippen LogP contribution in [0.2, 0.25) is 0 Å². The third-order valence-corrected chi connectivity index (χ3v) is 4.77. The molecule has 0 radical (unpaired) electrons. The van der Waals surface area contributed by atoms with Crippen LogP contribution in [0.4, 0.5) is 0 Å². The van der Waals surface area contributed by atoms with Crippen LogP contribution in [0.1, 0.15) is 31.2 Å². The van der Waals surface area contributed by atoms with Gasteiger partial charge in [-0.3, -0.25) is 4.79 Å². The van der Waals surface area contributed by atoms with E-state index < -0.39 is 6.29 Å². The van der Waals surface area contributed by atoms with Gasteiger partial charge in [0.05, 0.1) is 6.54 Å². The van der Waals surface area contributed by atoms with Crippen molar-refractivity contribution >= 4 is 5.91 Å². The third-order valence-electron chi connectivity index (χ3n) is 4.77. The average molecular weight is 387 g/mol. The number of carbonyl (C=O) groups excluding carboxylic acids is 1. The molecule has 0 unspecified atom stereocenters. The second-order valence-corrected chi connectivity index (χ2v) is 6.53. The molecule has 150 valence electrons. The monoisotopic (exact) mass is 387 g/mol. The molecular weight excluding hydrogens is 362 g/mol. The Morgan fingerprint density at radius 3 is 2.96 bits per heavy atom. The van der Waals surface area contributed by atoms with Crippen LogP contribution in [-0.4, -0.2) is 43.9 Å². The normalized spacial score (nSPS) is 22.8. The van der Waals surface area contributed by atoms with Gasteiger partial charge < -0.3 is 29.4 Å². The molecule has 0 aliphatic carbocycles. The number of aliphatic hydroxyl groups is 1. The Morgan fingerprint density at radius 1 is 1.39 bits per heavy atom. The number of aliphatic hydroxyl groups excluding tert-OH is 1. The predicted molar refractivity (Wildman–Crippen MR) is 102 cm³/mol. The SMILES string of the molecule is C#CCNC(=O)C1=C[C@@H](c2ccc3c(c2)OCO3)[C@@H](CCCO)[C@@H](OCC)O1. The second kappa shape index (κ2) is 9.49. The van der Waals surface area contributed by atoms with Crippen molar-refractivity contribution in [2.75, 3.05) is 26.6 Å². The van der Waals surface area contributed by atoms with E-state index in [-0.39, 0.29) is 43.4 Å². The van der Waals surface area contributed by atoms with Crippen molar-refractivity contribution in [2.45, 2.75) is 32.0 Å². The molecule has 0 fully saturated rings. The van der Waals surface area contributed by atoms with Gasteiger partial charge in [-0.15, -0.1) is 6.42 Å². The summed E-state index contributed by atoms with van der Waals surface area (Å²) in [5, 5.41) is 11.9. The van der Waals surface area contributed by atoms with Crippen LogP contribution < -0.4 is 14.8 Å². The van der Waals surface area contributed by atoms with Gasteiger partial charge in [-0.1, -0.05) is 12.0 Å². The lowest BCUT2D eigenvalue weighted by molar-refractivity contribution is -0.166. The Labute approximate surface area is 164 Å². The molecule has 2 heterocycles. The van der Waals surface area contributed by atoms with Crippen molar-refractivity contribution in [2.24, 2.45) is 5.92 Å². The van der Waals surface area contributed by atoms with Crippen molar-refractivity contribution in [3.63, 3.8) is 0 Å². The van der Waals surface area contributed by atoms with Gasteiger partial charge in [0.25, 0.3) is 5.91 Å². The minimum Gasteiger partial charge on any atom is -0.459 e. The minimum absolute atomic E-state index is 0.0719. The second-order valence-electron chi connectivity index (χ2n) is 6.53. The number of rotatable bonds is 8. The van der Waals surface area contributed by atoms with Gasteiger partial charge >= 0.3 is 0 Å². The maximum atomic E-state index is 12.5. The molecule has 0 bridgehead atoms. The maximum absolute atomic E-state index is 12.5. The minimum atomic E-state index is -0.608. The molecule has 3 atom stereocenters. The molecule has 0 saturated carbocycles. The Balaban J connectivity index is 1.95. The molecule has 7 heteroatoms. The standard InChI is InChI=1S/C21H25NO6/c1-3-9-22-20(24)19-12-16(14-7-8-17-18(11-14)27-13-26-17)15(6-5-10-23)21(28-19)25-4-2/h1,7-8,11-12,15-16,21,23H,4-6,9-10,13H2,2H3,(H,22,24)/t15-,16+,21+/m1/s1. The number of fused-ring (bicyclic) bond motifs is 1. The van der Waals surface area contributed by atoms with Crippen LogP contribution in [0, 0.1) is 18.3 Å². The summed E-state index contributed by atoms with van der Waals surface area (Å²) in [5.41, 5.74) is 0.961. The summed E-state index contributed by atoms with van der Waals surface area (Å²) in [6.45, 7) is 2.69. The van der Waals surface area contributed by atoms with Gasteiger partial charge in [-0.05, 0) is 43.5 Å². The maximum Gasteiger partial charge on any atom is 0.286 e. The summed E-state index contributed by atoms with van der Waals surface area (Å²) in [5.74, 6) is 3.31. The molecule has 1 aromatic carbocycles. The highest BCUT2D eigenvalue weighted by Gasteiger charge is 2.38. The van der Waals surface area contributed by atoms with Crippen LogP contribution in [0.3, 0.4) is 0 Å². The topological polar surface area (TPSA) is 86.3 Å². The fourth-order valence-corrected chi connectivity index (χ4v) is 3.48. The molecule has 7 nitrogen and oxygen atoms in total. The van der Waals surface area contributed by atoms with E-state index in [1.165, 1.54) is 0 Å². The Kier molecular flexibility index (Phi) is 6.80. The zero-order valence-corrected chi connectivity index (χ0v) is 15.8. The summed E-state index contributed by atoms with van der Waals surface area (Å²) in [6.07, 6.45) is 7.69. The van der Waals surface area contributed by atoms with Crippen LogP contribution in [0.5, 0.6) is 11.5 Å². The van der Waals surface area contributed by atoms with Crippen LogP contribution in [-0.2, 0) is 14.3 Å². The highest BCUT2D eigenvalue weighted by atomic mass is 16.7. The highest BCUT2D eigenvalue weighted by molar-refractivity contribution is 5.91. The molecule has 2 N–H and O–H groups in total. The number of hydrogen-bond donors (Lipinski definition) is 2. The molecule has 0 spiro atoms. The zero-order valence-electron chi connectivity index (χ0n) is 15.8. The van der Waals surface area contributed by atoms with Crippen molar-refractivity contribution in [1.82, 2.24) is 5.32 Å². The van der Waals surface area contributed by atoms with Gasteiger partial charge in [0, 0.05) is 25.0 Å². The largest absolute Gasteiger partial charge is 0.459 e. The van der Waals surface area contributed by atoms with E-state index in [2.05, 4.69) is 11.2 Å². The number of ether oxygens (including phenoxy) is 4. The number of allylic oxidation sites excluding steroid dienone is 1.